The molecule has 1 atom stereocenters. The Morgan fingerprint density at radius 2 is 2.12 bits per heavy atom. The van der Waals surface area contributed by atoms with E-state index in [1.54, 1.807) is 0 Å². The minimum atomic E-state index is 0.463. The van der Waals surface area contributed by atoms with Gasteiger partial charge in [0, 0.05) is 6.04 Å². The van der Waals surface area contributed by atoms with Gasteiger partial charge in [-0.25, -0.2) is 0 Å². The molecule has 0 spiro atoms. The summed E-state index contributed by atoms with van der Waals surface area (Å²) in [6.07, 6.45) is 3.61. The number of hydrogen-bond acceptors (Lipinski definition) is 2. The highest BCUT2D eigenvalue weighted by molar-refractivity contribution is 4.67. The Morgan fingerprint density at radius 3 is 3.00 bits per heavy atom. The molecule has 3 N–H and O–H groups in total. The van der Waals surface area contributed by atoms with Crippen molar-refractivity contribution in [2.24, 2.45) is 5.73 Å². The molecule has 1 rings (SSSR count). The molecule has 1 heterocycles. The Balaban J connectivity index is 2.17. The van der Waals surface area contributed by atoms with E-state index in [2.05, 4.69) is 5.32 Å². The maximum atomic E-state index is 5.69. The van der Waals surface area contributed by atoms with Crippen molar-refractivity contribution in [1.82, 2.24) is 5.32 Å². The molecule has 2 nitrogen and oxygen atoms in total. The Morgan fingerprint density at radius 1 is 1.25 bits per heavy atom. The summed E-state index contributed by atoms with van der Waals surface area (Å²) in [6, 6.07) is 0.463. The van der Waals surface area contributed by atoms with Crippen LogP contribution >= 0.6 is 0 Å². The summed E-state index contributed by atoms with van der Waals surface area (Å²) >= 11 is 0. The van der Waals surface area contributed by atoms with Crippen LogP contribution in [-0.4, -0.2) is 19.1 Å². The summed E-state index contributed by atoms with van der Waals surface area (Å²) in [4.78, 5) is 0. The fourth-order valence-corrected chi connectivity index (χ4v) is 1.05. The van der Waals surface area contributed by atoms with E-state index in [9.17, 15) is 0 Å². The maximum absolute atomic E-state index is 5.69. The molecule has 1 aliphatic rings. The van der Waals surface area contributed by atoms with Crippen LogP contribution in [0.5, 0.6) is 0 Å². The quantitative estimate of drug-likeness (QED) is 0.468. The van der Waals surface area contributed by atoms with Gasteiger partial charge >= 0.3 is 0 Å². The van der Waals surface area contributed by atoms with Crippen molar-refractivity contribution < 1.29 is 0 Å². The lowest BCUT2D eigenvalue weighted by Gasteiger charge is -2.02. The first-order valence-corrected chi connectivity index (χ1v) is 3.36. The van der Waals surface area contributed by atoms with E-state index in [0.29, 0.717) is 6.04 Å². The highest BCUT2D eigenvalue weighted by atomic mass is 14.9. The highest BCUT2D eigenvalue weighted by Gasteiger charge is 2.04. The Hall–Kier alpha value is -0.0800. The van der Waals surface area contributed by atoms with Gasteiger partial charge in [-0.3, -0.25) is 0 Å². The molecule has 1 fully saturated rings. The molecule has 8 heavy (non-hydrogen) atoms. The third-order valence-corrected chi connectivity index (χ3v) is 1.62. The molecule has 0 aliphatic carbocycles. The molecule has 48 valence electrons. The smallest absolute Gasteiger partial charge is 0.00513 e. The molecule has 0 amide bonds. The van der Waals surface area contributed by atoms with Crippen molar-refractivity contribution in [3.63, 3.8) is 0 Å². The van der Waals surface area contributed by atoms with Gasteiger partial charge in [0.2, 0.25) is 0 Å². The first-order chi connectivity index (χ1) is 3.89. The summed E-state index contributed by atoms with van der Waals surface area (Å²) in [6.45, 7) is 2.27. The van der Waals surface area contributed by atoms with Gasteiger partial charge in [-0.15, -0.1) is 0 Å². The van der Waals surface area contributed by atoms with Crippen LogP contribution in [0.1, 0.15) is 19.3 Å². The summed E-state index contributed by atoms with van der Waals surface area (Å²) in [5.41, 5.74) is 5.69. The van der Waals surface area contributed by atoms with E-state index in [0.717, 1.165) is 19.5 Å². The van der Waals surface area contributed by atoms with Crippen molar-refractivity contribution in [2.75, 3.05) is 13.1 Å². The first-order valence-electron chi connectivity index (χ1n) is 3.36. The SMILES string of the molecule is N[C@H]1CCCNCC1. The van der Waals surface area contributed by atoms with E-state index < -0.39 is 0 Å². The normalized spacial score (nSPS) is 31.9. The van der Waals surface area contributed by atoms with Crippen LogP contribution in [0.3, 0.4) is 0 Å². The van der Waals surface area contributed by atoms with Crippen LogP contribution in [0.4, 0.5) is 0 Å². The van der Waals surface area contributed by atoms with Gasteiger partial charge in [-0.05, 0) is 32.4 Å². The van der Waals surface area contributed by atoms with E-state index in [1.165, 1.54) is 12.8 Å². The van der Waals surface area contributed by atoms with Gasteiger partial charge in [-0.1, -0.05) is 0 Å². The molecular weight excluding hydrogens is 100 g/mol. The largest absolute Gasteiger partial charge is 0.328 e. The van der Waals surface area contributed by atoms with Crippen molar-refractivity contribution in [3.8, 4) is 0 Å². The van der Waals surface area contributed by atoms with Crippen LogP contribution < -0.4 is 11.1 Å². The molecule has 0 radical (unpaired) electrons. The van der Waals surface area contributed by atoms with E-state index in [-0.39, 0.29) is 0 Å². The van der Waals surface area contributed by atoms with Gasteiger partial charge in [0.25, 0.3) is 0 Å². The predicted molar refractivity (Wildman–Crippen MR) is 34.7 cm³/mol. The second-order valence-corrected chi connectivity index (χ2v) is 2.44. The van der Waals surface area contributed by atoms with Crippen LogP contribution in [0.25, 0.3) is 0 Å². The molecule has 0 aromatic rings. The number of nitrogens with two attached hydrogens (primary N) is 1. The van der Waals surface area contributed by atoms with Gasteiger partial charge in [-0.2, -0.15) is 0 Å². The van der Waals surface area contributed by atoms with Gasteiger partial charge < -0.3 is 11.1 Å². The Bertz CT molecular complexity index is 55.5. The lowest BCUT2D eigenvalue weighted by molar-refractivity contribution is 0.599. The average molecular weight is 114 g/mol. The van der Waals surface area contributed by atoms with E-state index >= 15 is 0 Å². The Kier molecular flexibility index (Phi) is 2.30. The third-order valence-electron chi connectivity index (χ3n) is 1.62. The topological polar surface area (TPSA) is 38.0 Å². The minimum Gasteiger partial charge on any atom is -0.328 e. The molecule has 0 bridgehead atoms. The zero-order chi connectivity index (χ0) is 5.82. The zero-order valence-electron chi connectivity index (χ0n) is 5.19. The van der Waals surface area contributed by atoms with Gasteiger partial charge in [0.05, 0.1) is 0 Å². The molecule has 0 aromatic heterocycles. The standard InChI is InChI=1S/C6H14N2/c7-6-2-1-4-8-5-3-6/h6,8H,1-5,7H2/t6-/m0/s1. The molecule has 1 aliphatic heterocycles. The molecule has 2 heteroatoms. The predicted octanol–water partition coefficient (Wildman–Crippen LogP) is 0.0872. The summed E-state index contributed by atoms with van der Waals surface area (Å²) < 4.78 is 0. The molecule has 0 aromatic carbocycles. The van der Waals surface area contributed by atoms with Crippen LogP contribution in [0.15, 0.2) is 0 Å². The zero-order valence-corrected chi connectivity index (χ0v) is 5.19. The highest BCUT2D eigenvalue weighted by Crippen LogP contribution is 2.00. The molecule has 0 unspecified atom stereocenters. The average Bonchev–Trinajstić information content (AvgIpc) is 1.94. The van der Waals surface area contributed by atoms with Crippen molar-refractivity contribution in [2.45, 2.75) is 25.3 Å². The summed E-state index contributed by atoms with van der Waals surface area (Å²) in [5.74, 6) is 0. The van der Waals surface area contributed by atoms with Crippen molar-refractivity contribution in [3.05, 3.63) is 0 Å². The maximum Gasteiger partial charge on any atom is 0.00513 e. The second-order valence-electron chi connectivity index (χ2n) is 2.44. The van der Waals surface area contributed by atoms with Crippen LogP contribution in [-0.2, 0) is 0 Å². The van der Waals surface area contributed by atoms with E-state index in [4.69, 9.17) is 5.73 Å². The van der Waals surface area contributed by atoms with Crippen LogP contribution in [0, 0.1) is 0 Å². The lowest BCUT2D eigenvalue weighted by Crippen LogP contribution is -2.21. The fourth-order valence-electron chi connectivity index (χ4n) is 1.05. The monoisotopic (exact) mass is 114 g/mol. The van der Waals surface area contributed by atoms with Crippen molar-refractivity contribution in [1.29, 1.82) is 0 Å². The fraction of sp³-hybridized carbons (Fsp3) is 1.00. The first kappa shape index (κ1) is 6.05. The third kappa shape index (κ3) is 1.80. The minimum absolute atomic E-state index is 0.463. The van der Waals surface area contributed by atoms with Gasteiger partial charge in [0.15, 0.2) is 0 Å². The van der Waals surface area contributed by atoms with Crippen molar-refractivity contribution >= 4 is 0 Å². The van der Waals surface area contributed by atoms with Crippen LogP contribution in [0.2, 0.25) is 0 Å². The summed E-state index contributed by atoms with van der Waals surface area (Å²) in [5, 5.41) is 3.30. The molecule has 0 saturated carbocycles. The molecular formula is C6H14N2. The van der Waals surface area contributed by atoms with E-state index in [1.807, 2.05) is 0 Å². The molecule has 1 saturated heterocycles. The summed E-state index contributed by atoms with van der Waals surface area (Å²) in [7, 11) is 0. The number of hydrogen-bond donors (Lipinski definition) is 2. The number of rotatable bonds is 0. The Labute approximate surface area is 50.4 Å². The van der Waals surface area contributed by atoms with Gasteiger partial charge in [0.1, 0.15) is 0 Å². The lowest BCUT2D eigenvalue weighted by atomic mass is 10.1. The second kappa shape index (κ2) is 3.05. The number of nitrogens with one attached hydrogen (secondary N) is 1.